The second-order valence-electron chi connectivity index (χ2n) is 3.29. The topological polar surface area (TPSA) is 25.2 Å². The van der Waals surface area contributed by atoms with Crippen molar-refractivity contribution >= 4 is 11.9 Å². The van der Waals surface area contributed by atoms with Crippen LogP contribution in [0.5, 0.6) is 0 Å². The Labute approximate surface area is 91.1 Å². The predicted octanol–water partition coefficient (Wildman–Crippen LogP) is 3.40. The van der Waals surface area contributed by atoms with Crippen LogP contribution in [0.2, 0.25) is 0 Å². The molecule has 0 radical (unpaired) electrons. The Morgan fingerprint density at radius 2 is 2.27 bits per heavy atom. The molecular formula is C13H16N2. The summed E-state index contributed by atoms with van der Waals surface area (Å²) in [5, 5.41) is 0. The zero-order valence-corrected chi connectivity index (χ0v) is 9.49. The molecule has 2 heteroatoms. The van der Waals surface area contributed by atoms with Crippen LogP contribution in [0.15, 0.2) is 41.6 Å². The van der Waals surface area contributed by atoms with E-state index in [2.05, 4.69) is 16.6 Å². The monoisotopic (exact) mass is 200 g/mol. The largest absolute Gasteiger partial charge is 0.259 e. The normalized spacial score (nSPS) is 12.7. The molecule has 1 aromatic rings. The van der Waals surface area contributed by atoms with Gasteiger partial charge in [0.25, 0.3) is 0 Å². The molecule has 0 bridgehead atoms. The zero-order chi connectivity index (χ0) is 11.3. The number of aliphatic imine (C=N–C) groups is 1. The van der Waals surface area contributed by atoms with E-state index in [1.54, 1.807) is 18.5 Å². The summed E-state index contributed by atoms with van der Waals surface area (Å²) in [5.74, 6) is 0. The van der Waals surface area contributed by atoms with Crippen molar-refractivity contribution in [1.29, 1.82) is 0 Å². The second-order valence-corrected chi connectivity index (χ2v) is 3.29. The first-order valence-electron chi connectivity index (χ1n) is 4.94. The molecule has 78 valence electrons. The number of hydrogen-bond acceptors (Lipinski definition) is 2. The summed E-state index contributed by atoms with van der Waals surface area (Å²) < 4.78 is 0. The molecular weight excluding hydrogens is 184 g/mol. The molecule has 0 aliphatic carbocycles. The van der Waals surface area contributed by atoms with Gasteiger partial charge >= 0.3 is 0 Å². The molecule has 0 aliphatic rings. The van der Waals surface area contributed by atoms with E-state index < -0.39 is 0 Å². The summed E-state index contributed by atoms with van der Waals surface area (Å²) in [4.78, 5) is 8.69. The van der Waals surface area contributed by atoms with Crippen LogP contribution in [-0.2, 0) is 0 Å². The highest BCUT2D eigenvalue weighted by molar-refractivity contribution is 5.75. The quantitative estimate of drug-likeness (QED) is 0.542. The van der Waals surface area contributed by atoms with Gasteiger partial charge in [-0.15, -0.1) is 0 Å². The molecule has 2 nitrogen and oxygen atoms in total. The maximum absolute atomic E-state index is 4.35. The smallest absolute Gasteiger partial charge is 0.0917 e. The standard InChI is InChI=1S/C13H16N2/c1-5-10(3)12(14-6-2)13-11(4)8-7-9-15-13/h5-9H,1H2,2-4H3/b12-10-,14-6?. The lowest BCUT2D eigenvalue weighted by Gasteiger charge is -2.06. The SMILES string of the molecule is C=C/C(C)=C(\N=CC)c1ncccc1C. The first-order valence-corrected chi connectivity index (χ1v) is 4.94. The van der Waals surface area contributed by atoms with Gasteiger partial charge in [-0.25, -0.2) is 0 Å². The van der Waals surface area contributed by atoms with Gasteiger partial charge in [0.05, 0.1) is 11.4 Å². The number of allylic oxidation sites excluding steroid dienone is 2. The average Bonchev–Trinajstić information content (AvgIpc) is 2.26. The van der Waals surface area contributed by atoms with Crippen LogP contribution in [0, 0.1) is 6.92 Å². The van der Waals surface area contributed by atoms with Crippen molar-refractivity contribution in [3.05, 3.63) is 47.8 Å². The van der Waals surface area contributed by atoms with Crippen molar-refractivity contribution in [2.24, 2.45) is 4.99 Å². The molecule has 0 fully saturated rings. The van der Waals surface area contributed by atoms with E-state index in [0.29, 0.717) is 0 Å². The first kappa shape index (κ1) is 11.4. The Morgan fingerprint density at radius 1 is 1.53 bits per heavy atom. The number of hydrogen-bond donors (Lipinski definition) is 0. The van der Waals surface area contributed by atoms with Gasteiger partial charge < -0.3 is 0 Å². The molecule has 15 heavy (non-hydrogen) atoms. The molecule has 0 saturated carbocycles. The van der Waals surface area contributed by atoms with Gasteiger partial charge in [-0.05, 0) is 38.0 Å². The highest BCUT2D eigenvalue weighted by atomic mass is 14.8. The Hall–Kier alpha value is -1.70. The van der Waals surface area contributed by atoms with Crippen LogP contribution in [-0.4, -0.2) is 11.2 Å². The van der Waals surface area contributed by atoms with Crippen molar-refractivity contribution in [2.75, 3.05) is 0 Å². The summed E-state index contributed by atoms with van der Waals surface area (Å²) in [7, 11) is 0. The fourth-order valence-electron chi connectivity index (χ4n) is 1.31. The Morgan fingerprint density at radius 3 is 2.80 bits per heavy atom. The van der Waals surface area contributed by atoms with Crippen molar-refractivity contribution in [3.8, 4) is 0 Å². The van der Waals surface area contributed by atoms with E-state index >= 15 is 0 Å². The molecule has 0 amide bonds. The maximum atomic E-state index is 4.35. The number of nitrogens with zero attached hydrogens (tertiary/aromatic N) is 2. The summed E-state index contributed by atoms with van der Waals surface area (Å²) in [6, 6.07) is 3.96. The van der Waals surface area contributed by atoms with E-state index in [9.17, 15) is 0 Å². The Balaban J connectivity index is 3.35. The Bertz CT molecular complexity index is 414. The molecule has 0 N–H and O–H groups in total. The summed E-state index contributed by atoms with van der Waals surface area (Å²) in [5.41, 5.74) is 3.98. The molecule has 0 saturated heterocycles. The number of aryl methyl sites for hydroxylation is 1. The predicted molar refractivity (Wildman–Crippen MR) is 65.9 cm³/mol. The summed E-state index contributed by atoms with van der Waals surface area (Å²) >= 11 is 0. The van der Waals surface area contributed by atoms with Gasteiger partial charge in [0.1, 0.15) is 0 Å². The molecule has 0 aliphatic heterocycles. The van der Waals surface area contributed by atoms with Gasteiger partial charge in [-0.2, -0.15) is 0 Å². The summed E-state index contributed by atoms with van der Waals surface area (Å²) in [6.45, 7) is 9.68. The first-order chi connectivity index (χ1) is 7.20. The third kappa shape index (κ3) is 2.62. The lowest BCUT2D eigenvalue weighted by atomic mass is 10.1. The molecule has 1 rings (SSSR count). The van der Waals surface area contributed by atoms with Gasteiger partial charge in [-0.3, -0.25) is 9.98 Å². The van der Waals surface area contributed by atoms with Crippen LogP contribution in [0.3, 0.4) is 0 Å². The second kappa shape index (κ2) is 5.25. The van der Waals surface area contributed by atoms with E-state index in [0.717, 1.165) is 22.5 Å². The van der Waals surface area contributed by atoms with Crippen LogP contribution < -0.4 is 0 Å². The van der Waals surface area contributed by atoms with Crippen LogP contribution in [0.4, 0.5) is 0 Å². The summed E-state index contributed by atoms with van der Waals surface area (Å²) in [6.07, 6.45) is 5.36. The minimum absolute atomic E-state index is 0.894. The van der Waals surface area contributed by atoms with E-state index in [1.165, 1.54) is 0 Å². The Kier molecular flexibility index (Phi) is 3.98. The molecule has 0 unspecified atom stereocenters. The van der Waals surface area contributed by atoms with Gasteiger partial charge in [0.2, 0.25) is 0 Å². The van der Waals surface area contributed by atoms with Crippen molar-refractivity contribution in [2.45, 2.75) is 20.8 Å². The maximum Gasteiger partial charge on any atom is 0.0917 e. The number of pyridine rings is 1. The lowest BCUT2D eigenvalue weighted by molar-refractivity contribution is 1.19. The fourth-order valence-corrected chi connectivity index (χ4v) is 1.31. The molecule has 0 spiro atoms. The minimum Gasteiger partial charge on any atom is -0.259 e. The van der Waals surface area contributed by atoms with E-state index in [4.69, 9.17) is 0 Å². The van der Waals surface area contributed by atoms with Crippen LogP contribution in [0.1, 0.15) is 25.1 Å². The molecule has 0 aromatic carbocycles. The average molecular weight is 200 g/mol. The van der Waals surface area contributed by atoms with E-state index in [1.807, 2.05) is 32.9 Å². The highest BCUT2D eigenvalue weighted by Crippen LogP contribution is 2.21. The van der Waals surface area contributed by atoms with Crippen molar-refractivity contribution < 1.29 is 0 Å². The number of rotatable bonds is 3. The number of aromatic nitrogens is 1. The van der Waals surface area contributed by atoms with Crippen molar-refractivity contribution in [1.82, 2.24) is 4.98 Å². The van der Waals surface area contributed by atoms with Gasteiger partial charge in [-0.1, -0.05) is 18.7 Å². The molecule has 0 atom stereocenters. The van der Waals surface area contributed by atoms with Crippen molar-refractivity contribution in [3.63, 3.8) is 0 Å². The van der Waals surface area contributed by atoms with Crippen LogP contribution in [0.25, 0.3) is 5.70 Å². The zero-order valence-electron chi connectivity index (χ0n) is 9.49. The highest BCUT2D eigenvalue weighted by Gasteiger charge is 2.06. The molecule has 1 heterocycles. The fraction of sp³-hybridized carbons (Fsp3) is 0.231. The minimum atomic E-state index is 0.894. The van der Waals surface area contributed by atoms with Gasteiger partial charge in [0.15, 0.2) is 0 Å². The third-order valence-electron chi connectivity index (χ3n) is 2.17. The van der Waals surface area contributed by atoms with Gasteiger partial charge in [0, 0.05) is 12.4 Å². The molecule has 1 aromatic heterocycles. The van der Waals surface area contributed by atoms with E-state index in [-0.39, 0.29) is 0 Å². The van der Waals surface area contributed by atoms with Crippen LogP contribution >= 0.6 is 0 Å². The third-order valence-corrected chi connectivity index (χ3v) is 2.17. The lowest BCUT2D eigenvalue weighted by Crippen LogP contribution is -1.93.